The van der Waals surface area contributed by atoms with Crippen LogP contribution in [0.1, 0.15) is 13.8 Å². The van der Waals surface area contributed by atoms with Gasteiger partial charge in [0.1, 0.15) is 6.20 Å². The molecule has 0 bridgehead atoms. The second-order valence-electron chi connectivity index (χ2n) is 4.03. The summed E-state index contributed by atoms with van der Waals surface area (Å²) in [5, 5.41) is 25.5. The summed E-state index contributed by atoms with van der Waals surface area (Å²) < 4.78 is 0. The number of rotatable bonds is 6. The number of anilines is 2. The van der Waals surface area contributed by atoms with E-state index in [9.17, 15) is 10.1 Å². The SMILES string of the molecule is CNc1ncc([N+](=O)[O-])c(NC(C)C(C)CO)n1. The van der Waals surface area contributed by atoms with Gasteiger partial charge in [-0.2, -0.15) is 4.98 Å². The van der Waals surface area contributed by atoms with E-state index in [1.165, 1.54) is 0 Å². The summed E-state index contributed by atoms with van der Waals surface area (Å²) in [5.41, 5.74) is -0.189. The summed E-state index contributed by atoms with van der Waals surface area (Å²) in [5.74, 6) is 0.400. The molecular weight excluding hydrogens is 238 g/mol. The standard InChI is InChI=1S/C10H17N5O3/c1-6(5-16)7(2)13-9-8(15(17)18)4-12-10(11-3)14-9/h4,6-7,16H,5H2,1-3H3,(H2,11,12,13,14). The number of aliphatic hydroxyl groups is 1. The zero-order chi connectivity index (χ0) is 13.7. The molecule has 1 heterocycles. The Labute approximate surface area is 105 Å². The predicted octanol–water partition coefficient (Wildman–Crippen LogP) is 0.855. The van der Waals surface area contributed by atoms with Crippen LogP contribution in [0.15, 0.2) is 6.20 Å². The van der Waals surface area contributed by atoms with Crippen LogP contribution in [0.2, 0.25) is 0 Å². The molecule has 3 N–H and O–H groups in total. The van der Waals surface area contributed by atoms with Crippen molar-refractivity contribution in [1.29, 1.82) is 0 Å². The Balaban J connectivity index is 3.00. The topological polar surface area (TPSA) is 113 Å². The Morgan fingerprint density at radius 1 is 1.56 bits per heavy atom. The van der Waals surface area contributed by atoms with E-state index in [1.807, 2.05) is 13.8 Å². The van der Waals surface area contributed by atoms with E-state index < -0.39 is 4.92 Å². The van der Waals surface area contributed by atoms with Crippen molar-refractivity contribution in [2.45, 2.75) is 19.9 Å². The van der Waals surface area contributed by atoms with Gasteiger partial charge < -0.3 is 15.7 Å². The maximum atomic E-state index is 10.9. The van der Waals surface area contributed by atoms with Gasteiger partial charge in [0.05, 0.1) is 4.92 Å². The Kier molecular flexibility index (Phi) is 4.78. The van der Waals surface area contributed by atoms with Crippen molar-refractivity contribution < 1.29 is 10.0 Å². The molecule has 0 saturated heterocycles. The molecule has 8 heteroatoms. The molecule has 8 nitrogen and oxygen atoms in total. The minimum Gasteiger partial charge on any atom is -0.396 e. The van der Waals surface area contributed by atoms with Crippen LogP contribution in [0.4, 0.5) is 17.5 Å². The molecule has 1 aromatic rings. The average molecular weight is 255 g/mol. The number of aliphatic hydroxyl groups excluding tert-OH is 1. The zero-order valence-electron chi connectivity index (χ0n) is 10.5. The third-order valence-electron chi connectivity index (χ3n) is 2.70. The molecule has 0 fully saturated rings. The van der Waals surface area contributed by atoms with Gasteiger partial charge in [-0.3, -0.25) is 10.1 Å². The molecule has 0 aliphatic heterocycles. The minimum atomic E-state index is -0.544. The molecule has 0 radical (unpaired) electrons. The van der Waals surface area contributed by atoms with Gasteiger partial charge in [0.15, 0.2) is 0 Å². The highest BCUT2D eigenvalue weighted by atomic mass is 16.6. The van der Waals surface area contributed by atoms with Gasteiger partial charge in [-0.25, -0.2) is 4.98 Å². The van der Waals surface area contributed by atoms with E-state index in [0.29, 0.717) is 5.95 Å². The van der Waals surface area contributed by atoms with E-state index in [0.717, 1.165) is 6.20 Å². The first-order valence-corrected chi connectivity index (χ1v) is 5.56. The number of hydrogen-bond acceptors (Lipinski definition) is 7. The van der Waals surface area contributed by atoms with Crippen LogP contribution in [0.5, 0.6) is 0 Å². The summed E-state index contributed by atoms with van der Waals surface area (Å²) in [6.07, 6.45) is 1.15. The normalized spacial score (nSPS) is 13.8. The summed E-state index contributed by atoms with van der Waals surface area (Å²) >= 11 is 0. The van der Waals surface area contributed by atoms with Gasteiger partial charge in [-0.1, -0.05) is 6.92 Å². The van der Waals surface area contributed by atoms with Crippen molar-refractivity contribution in [2.24, 2.45) is 5.92 Å². The van der Waals surface area contributed by atoms with Crippen molar-refractivity contribution >= 4 is 17.5 Å². The molecule has 1 aromatic heterocycles. The monoisotopic (exact) mass is 255 g/mol. The van der Waals surface area contributed by atoms with Crippen molar-refractivity contribution in [3.8, 4) is 0 Å². The molecule has 0 aliphatic carbocycles. The fourth-order valence-corrected chi connectivity index (χ4v) is 1.25. The molecule has 2 atom stereocenters. The van der Waals surface area contributed by atoms with E-state index in [-0.39, 0.29) is 30.1 Å². The Morgan fingerprint density at radius 3 is 2.72 bits per heavy atom. The molecule has 1 rings (SSSR count). The van der Waals surface area contributed by atoms with Crippen molar-refractivity contribution in [1.82, 2.24) is 9.97 Å². The van der Waals surface area contributed by atoms with E-state index >= 15 is 0 Å². The summed E-state index contributed by atoms with van der Waals surface area (Å²) in [4.78, 5) is 18.1. The van der Waals surface area contributed by atoms with Gasteiger partial charge in [-0.15, -0.1) is 0 Å². The Bertz CT molecular complexity index is 426. The Morgan fingerprint density at radius 2 is 2.22 bits per heavy atom. The van der Waals surface area contributed by atoms with Crippen LogP contribution in [0.25, 0.3) is 0 Å². The van der Waals surface area contributed by atoms with Gasteiger partial charge in [0.25, 0.3) is 0 Å². The summed E-state index contributed by atoms with van der Waals surface area (Å²) in [7, 11) is 1.63. The van der Waals surface area contributed by atoms with Gasteiger partial charge in [0.2, 0.25) is 11.8 Å². The maximum absolute atomic E-state index is 10.9. The maximum Gasteiger partial charge on any atom is 0.329 e. The van der Waals surface area contributed by atoms with Crippen LogP contribution in [-0.4, -0.2) is 39.7 Å². The fraction of sp³-hybridized carbons (Fsp3) is 0.600. The van der Waals surface area contributed by atoms with Gasteiger partial charge in [-0.05, 0) is 12.8 Å². The highest BCUT2D eigenvalue weighted by molar-refractivity contribution is 5.57. The summed E-state index contributed by atoms with van der Waals surface area (Å²) in [6.45, 7) is 3.65. The van der Waals surface area contributed by atoms with Crippen LogP contribution in [0, 0.1) is 16.0 Å². The highest BCUT2D eigenvalue weighted by Gasteiger charge is 2.20. The lowest BCUT2D eigenvalue weighted by atomic mass is 10.1. The third kappa shape index (κ3) is 3.27. The van der Waals surface area contributed by atoms with Gasteiger partial charge >= 0.3 is 5.69 Å². The fourth-order valence-electron chi connectivity index (χ4n) is 1.25. The first kappa shape index (κ1) is 14.1. The lowest BCUT2D eigenvalue weighted by Crippen LogP contribution is -2.27. The van der Waals surface area contributed by atoms with Crippen LogP contribution in [-0.2, 0) is 0 Å². The smallest absolute Gasteiger partial charge is 0.329 e. The van der Waals surface area contributed by atoms with Gasteiger partial charge in [0, 0.05) is 19.7 Å². The lowest BCUT2D eigenvalue weighted by Gasteiger charge is -2.19. The average Bonchev–Trinajstić information content (AvgIpc) is 2.37. The first-order chi connectivity index (χ1) is 8.49. The summed E-state index contributed by atoms with van der Waals surface area (Å²) in [6, 6.07) is -0.145. The minimum absolute atomic E-state index is 0.00800. The molecule has 0 amide bonds. The van der Waals surface area contributed by atoms with Crippen LogP contribution in [0.3, 0.4) is 0 Å². The van der Waals surface area contributed by atoms with Crippen molar-refractivity contribution in [3.63, 3.8) is 0 Å². The number of nitrogens with zero attached hydrogens (tertiary/aromatic N) is 3. The quantitative estimate of drug-likeness (QED) is 0.510. The zero-order valence-corrected chi connectivity index (χ0v) is 10.5. The lowest BCUT2D eigenvalue weighted by molar-refractivity contribution is -0.384. The molecule has 100 valence electrons. The molecule has 18 heavy (non-hydrogen) atoms. The number of nitro groups is 1. The van der Waals surface area contributed by atoms with Crippen LogP contribution >= 0.6 is 0 Å². The van der Waals surface area contributed by atoms with Crippen LogP contribution < -0.4 is 10.6 Å². The molecule has 0 aromatic carbocycles. The second-order valence-corrected chi connectivity index (χ2v) is 4.03. The number of aromatic nitrogens is 2. The molecule has 0 spiro atoms. The largest absolute Gasteiger partial charge is 0.396 e. The second kappa shape index (κ2) is 6.10. The van der Waals surface area contributed by atoms with E-state index in [1.54, 1.807) is 7.05 Å². The number of nitrogens with one attached hydrogen (secondary N) is 2. The first-order valence-electron chi connectivity index (χ1n) is 5.56. The van der Waals surface area contributed by atoms with Crippen molar-refractivity contribution in [3.05, 3.63) is 16.3 Å². The predicted molar refractivity (Wildman–Crippen MR) is 67.6 cm³/mol. The molecule has 0 saturated carbocycles. The third-order valence-corrected chi connectivity index (χ3v) is 2.70. The van der Waals surface area contributed by atoms with Crippen molar-refractivity contribution in [2.75, 3.05) is 24.3 Å². The highest BCUT2D eigenvalue weighted by Crippen LogP contribution is 2.23. The number of hydrogen-bond donors (Lipinski definition) is 3. The molecule has 0 aliphatic rings. The Hall–Kier alpha value is -1.96. The van der Waals surface area contributed by atoms with E-state index in [4.69, 9.17) is 5.11 Å². The molecule has 2 unspecified atom stereocenters. The molecular formula is C10H17N5O3. The van der Waals surface area contributed by atoms with E-state index in [2.05, 4.69) is 20.6 Å².